The Morgan fingerprint density at radius 2 is 1.74 bits per heavy atom. The van der Waals surface area contributed by atoms with E-state index in [-0.39, 0.29) is 23.7 Å². The summed E-state index contributed by atoms with van der Waals surface area (Å²) in [5, 5.41) is 28.0. The van der Waals surface area contributed by atoms with Crippen LogP contribution in [0.5, 0.6) is 11.5 Å². The van der Waals surface area contributed by atoms with E-state index in [9.17, 15) is 19.8 Å². The number of phenolic OH excluding ortho intramolecular Hbond substituents is 1. The van der Waals surface area contributed by atoms with Crippen LogP contribution in [0.3, 0.4) is 0 Å². The maximum absolute atomic E-state index is 11.1. The Kier molecular flexibility index (Phi) is 4.99. The zero-order chi connectivity index (χ0) is 16.8. The number of aliphatic carboxylic acids is 1. The van der Waals surface area contributed by atoms with E-state index < -0.39 is 17.5 Å². The van der Waals surface area contributed by atoms with Gasteiger partial charge in [-0.25, -0.2) is 4.79 Å². The van der Waals surface area contributed by atoms with Gasteiger partial charge in [-0.2, -0.15) is 0 Å². The normalized spacial score (nSPS) is 11.0. The minimum absolute atomic E-state index is 0.0719. The van der Waals surface area contributed by atoms with Gasteiger partial charge in [-0.1, -0.05) is 30.3 Å². The molecule has 0 aliphatic rings. The molecule has 2 aromatic rings. The number of aliphatic hydroxyl groups excluding tert-OH is 1. The first kappa shape index (κ1) is 16.1. The molecule has 2 aromatic carbocycles. The number of carboxylic acid groups (broad SMARTS) is 1. The fraction of sp³-hybridized carbons (Fsp3) is 0.0588. The van der Waals surface area contributed by atoms with E-state index in [1.807, 2.05) is 30.3 Å². The highest BCUT2D eigenvalue weighted by molar-refractivity contribution is 6.38. The van der Waals surface area contributed by atoms with E-state index >= 15 is 0 Å². The van der Waals surface area contributed by atoms with Crippen molar-refractivity contribution in [2.45, 2.75) is 6.61 Å². The molecule has 0 fully saturated rings. The monoisotopic (exact) mass is 314 g/mol. The van der Waals surface area contributed by atoms with Gasteiger partial charge in [-0.05, 0) is 17.7 Å². The molecule has 0 aliphatic carbocycles. The van der Waals surface area contributed by atoms with Gasteiger partial charge in [-0.3, -0.25) is 4.79 Å². The third-order valence-corrected chi connectivity index (χ3v) is 2.91. The second-order valence-corrected chi connectivity index (χ2v) is 4.69. The summed E-state index contributed by atoms with van der Waals surface area (Å²) >= 11 is 0. The van der Waals surface area contributed by atoms with Crippen LogP contribution in [0, 0.1) is 0 Å². The van der Waals surface area contributed by atoms with Crippen molar-refractivity contribution in [2.24, 2.45) is 0 Å². The number of benzene rings is 2. The molecule has 0 spiro atoms. The predicted octanol–water partition coefficient (Wildman–Crippen LogP) is 2.52. The Labute approximate surface area is 131 Å². The standard InChI is InChI=1S/C17H14O6/c18-13-6-12(15(19)9-16(20)17(21)22)7-14(8-13)23-10-11-4-2-1-3-5-11/h1-9,18-19H,10H2,(H,21,22). The van der Waals surface area contributed by atoms with Gasteiger partial charge in [0.05, 0.1) is 0 Å². The first-order valence-electron chi connectivity index (χ1n) is 6.65. The zero-order valence-corrected chi connectivity index (χ0v) is 12.0. The molecule has 0 saturated carbocycles. The van der Waals surface area contributed by atoms with Crippen molar-refractivity contribution < 1.29 is 29.6 Å². The quantitative estimate of drug-likeness (QED) is 0.430. The van der Waals surface area contributed by atoms with Gasteiger partial charge in [0.25, 0.3) is 5.78 Å². The second-order valence-electron chi connectivity index (χ2n) is 4.69. The molecule has 118 valence electrons. The largest absolute Gasteiger partial charge is 0.508 e. The highest BCUT2D eigenvalue weighted by atomic mass is 16.5. The molecule has 0 aliphatic heterocycles. The lowest BCUT2D eigenvalue weighted by Crippen LogP contribution is -2.09. The minimum Gasteiger partial charge on any atom is -0.508 e. The van der Waals surface area contributed by atoms with Crippen molar-refractivity contribution in [2.75, 3.05) is 0 Å². The van der Waals surface area contributed by atoms with Crippen LogP contribution >= 0.6 is 0 Å². The van der Waals surface area contributed by atoms with Crippen LogP contribution in [0.2, 0.25) is 0 Å². The van der Waals surface area contributed by atoms with Gasteiger partial charge in [0.2, 0.25) is 0 Å². The van der Waals surface area contributed by atoms with Crippen LogP contribution in [0.1, 0.15) is 11.1 Å². The Morgan fingerprint density at radius 3 is 2.39 bits per heavy atom. The molecule has 0 unspecified atom stereocenters. The molecule has 0 bridgehead atoms. The number of ketones is 1. The fourth-order valence-corrected chi connectivity index (χ4v) is 1.82. The number of carbonyl (C=O) groups excluding carboxylic acids is 1. The molecule has 0 heterocycles. The molecule has 0 saturated heterocycles. The molecule has 6 heteroatoms. The number of ether oxygens (including phenoxy) is 1. The molecule has 23 heavy (non-hydrogen) atoms. The molecular weight excluding hydrogens is 300 g/mol. The Morgan fingerprint density at radius 1 is 1.04 bits per heavy atom. The first-order valence-corrected chi connectivity index (χ1v) is 6.65. The van der Waals surface area contributed by atoms with E-state index in [4.69, 9.17) is 9.84 Å². The molecule has 3 N–H and O–H groups in total. The Balaban J connectivity index is 2.18. The Hall–Kier alpha value is -3.28. The van der Waals surface area contributed by atoms with Crippen LogP contribution in [0.15, 0.2) is 54.6 Å². The third kappa shape index (κ3) is 4.60. The lowest BCUT2D eigenvalue weighted by Gasteiger charge is -2.09. The second kappa shape index (κ2) is 7.13. The van der Waals surface area contributed by atoms with Gasteiger partial charge in [0, 0.05) is 17.7 Å². The summed E-state index contributed by atoms with van der Waals surface area (Å²) in [5.41, 5.74) is 0.987. The van der Waals surface area contributed by atoms with Crippen molar-refractivity contribution in [1.29, 1.82) is 0 Å². The molecule has 0 amide bonds. The predicted molar refractivity (Wildman–Crippen MR) is 82.1 cm³/mol. The summed E-state index contributed by atoms with van der Waals surface area (Å²) in [6, 6.07) is 13.3. The van der Waals surface area contributed by atoms with Crippen molar-refractivity contribution in [3.05, 3.63) is 65.7 Å². The fourth-order valence-electron chi connectivity index (χ4n) is 1.82. The number of rotatable bonds is 6. The van der Waals surface area contributed by atoms with Gasteiger partial charge in [0.1, 0.15) is 23.9 Å². The minimum atomic E-state index is -1.68. The summed E-state index contributed by atoms with van der Waals surface area (Å²) in [4.78, 5) is 21.6. The number of carbonyl (C=O) groups is 2. The molecule has 0 aromatic heterocycles. The summed E-state index contributed by atoms with van der Waals surface area (Å²) in [5.74, 6) is -3.44. The smallest absolute Gasteiger partial charge is 0.376 e. The van der Waals surface area contributed by atoms with E-state index in [2.05, 4.69) is 0 Å². The van der Waals surface area contributed by atoms with Gasteiger partial charge < -0.3 is 20.1 Å². The maximum Gasteiger partial charge on any atom is 0.376 e. The average Bonchev–Trinajstić information content (AvgIpc) is 2.53. The number of hydrogen-bond acceptors (Lipinski definition) is 5. The summed E-state index contributed by atoms with van der Waals surface area (Å²) in [6.07, 6.45) is 0.568. The van der Waals surface area contributed by atoms with E-state index in [0.717, 1.165) is 5.56 Å². The van der Waals surface area contributed by atoms with E-state index in [1.165, 1.54) is 18.2 Å². The zero-order valence-electron chi connectivity index (χ0n) is 12.0. The molecule has 6 nitrogen and oxygen atoms in total. The van der Waals surface area contributed by atoms with Crippen LogP contribution in [0.4, 0.5) is 0 Å². The van der Waals surface area contributed by atoms with Crippen LogP contribution < -0.4 is 4.74 Å². The number of aliphatic hydroxyl groups is 1. The van der Waals surface area contributed by atoms with Gasteiger partial charge in [0.15, 0.2) is 0 Å². The third-order valence-electron chi connectivity index (χ3n) is 2.91. The average molecular weight is 314 g/mol. The van der Waals surface area contributed by atoms with Crippen LogP contribution in [0.25, 0.3) is 5.76 Å². The first-order chi connectivity index (χ1) is 11.0. The van der Waals surface area contributed by atoms with Crippen molar-refractivity contribution in [3.8, 4) is 11.5 Å². The van der Waals surface area contributed by atoms with Crippen LogP contribution in [-0.2, 0) is 16.2 Å². The van der Waals surface area contributed by atoms with E-state index in [0.29, 0.717) is 6.08 Å². The SMILES string of the molecule is O=C(O)C(=O)C=C(O)c1cc(O)cc(OCc2ccccc2)c1. The summed E-state index contributed by atoms with van der Waals surface area (Å²) < 4.78 is 5.52. The number of carboxylic acids is 1. The van der Waals surface area contributed by atoms with Gasteiger partial charge in [-0.15, -0.1) is 0 Å². The summed E-state index contributed by atoms with van der Waals surface area (Å²) in [6.45, 7) is 0.252. The lowest BCUT2D eigenvalue weighted by atomic mass is 10.1. The molecule has 0 radical (unpaired) electrons. The van der Waals surface area contributed by atoms with E-state index in [1.54, 1.807) is 0 Å². The highest BCUT2D eigenvalue weighted by Gasteiger charge is 2.12. The number of aromatic hydroxyl groups is 1. The maximum atomic E-state index is 11.1. The number of hydrogen-bond donors (Lipinski definition) is 3. The Bertz CT molecular complexity index is 749. The molecule has 0 atom stereocenters. The van der Waals surface area contributed by atoms with Crippen molar-refractivity contribution in [1.82, 2.24) is 0 Å². The highest BCUT2D eigenvalue weighted by Crippen LogP contribution is 2.26. The topological polar surface area (TPSA) is 104 Å². The van der Waals surface area contributed by atoms with Gasteiger partial charge >= 0.3 is 5.97 Å². The summed E-state index contributed by atoms with van der Waals surface area (Å²) in [7, 11) is 0. The van der Waals surface area contributed by atoms with Crippen molar-refractivity contribution >= 4 is 17.5 Å². The molecule has 2 rings (SSSR count). The number of phenols is 1. The lowest BCUT2D eigenvalue weighted by molar-refractivity contribution is -0.146. The van der Waals surface area contributed by atoms with Crippen molar-refractivity contribution in [3.63, 3.8) is 0 Å². The molecular formula is C17H14O6. The van der Waals surface area contributed by atoms with Crippen LogP contribution in [-0.4, -0.2) is 27.1 Å².